The molecule has 0 fully saturated rings. The lowest BCUT2D eigenvalue weighted by atomic mass is 10.0. The van der Waals surface area contributed by atoms with Crippen LogP contribution < -0.4 is 0 Å². The Morgan fingerprint density at radius 2 is 1.47 bits per heavy atom. The molecule has 0 aromatic heterocycles. The molecule has 2 rings (SSSR count). The predicted octanol–water partition coefficient (Wildman–Crippen LogP) is 4.18. The zero-order chi connectivity index (χ0) is 12.3. The quantitative estimate of drug-likeness (QED) is 0.832. The van der Waals surface area contributed by atoms with Crippen molar-refractivity contribution >= 4 is 0 Å². The summed E-state index contributed by atoms with van der Waals surface area (Å²) in [6.45, 7) is 4.20. The second kappa shape index (κ2) is 5.05. The first-order chi connectivity index (χ1) is 8.24. The average molecular weight is 226 g/mol. The molecular formula is C16H18O. The first kappa shape index (κ1) is 11.7. The Bertz CT molecular complexity index is 497. The molecular weight excluding hydrogens is 208 g/mol. The smallest absolute Gasteiger partial charge is 0.119 e. The first-order valence-corrected chi connectivity index (χ1v) is 6.15. The van der Waals surface area contributed by atoms with Crippen LogP contribution in [0.4, 0.5) is 0 Å². The van der Waals surface area contributed by atoms with Gasteiger partial charge in [0, 0.05) is 0 Å². The molecule has 1 N–H and O–H groups in total. The van der Waals surface area contributed by atoms with Gasteiger partial charge in [-0.2, -0.15) is 0 Å². The van der Waals surface area contributed by atoms with Crippen molar-refractivity contribution in [2.45, 2.75) is 26.7 Å². The van der Waals surface area contributed by atoms with Gasteiger partial charge in [0.2, 0.25) is 0 Å². The van der Waals surface area contributed by atoms with Crippen molar-refractivity contribution in [3.8, 4) is 16.9 Å². The molecule has 0 spiro atoms. The molecule has 0 amide bonds. The van der Waals surface area contributed by atoms with Crippen LogP contribution in [0.5, 0.6) is 5.75 Å². The lowest BCUT2D eigenvalue weighted by molar-refractivity contribution is 0.469. The minimum absolute atomic E-state index is 0.393. The van der Waals surface area contributed by atoms with Crippen molar-refractivity contribution < 1.29 is 5.11 Å². The Labute approximate surface area is 103 Å². The van der Waals surface area contributed by atoms with Crippen molar-refractivity contribution in [3.63, 3.8) is 0 Å². The highest BCUT2D eigenvalue weighted by atomic mass is 16.3. The van der Waals surface area contributed by atoms with Gasteiger partial charge in [0.15, 0.2) is 0 Å². The molecule has 2 aromatic rings. The molecule has 1 nitrogen and oxygen atoms in total. The van der Waals surface area contributed by atoms with Gasteiger partial charge in [-0.05, 0) is 41.2 Å². The molecule has 0 bridgehead atoms. The van der Waals surface area contributed by atoms with Crippen LogP contribution in [0, 0.1) is 0 Å². The third kappa shape index (κ3) is 2.50. The number of phenols is 1. The maximum absolute atomic E-state index is 9.85. The van der Waals surface area contributed by atoms with Gasteiger partial charge in [-0.15, -0.1) is 0 Å². The number of rotatable bonds is 3. The van der Waals surface area contributed by atoms with Crippen molar-refractivity contribution in [1.29, 1.82) is 0 Å². The molecule has 1 heteroatoms. The molecule has 0 aliphatic heterocycles. The third-order valence-electron chi connectivity index (χ3n) is 3.16. The van der Waals surface area contributed by atoms with Crippen LogP contribution in [0.2, 0.25) is 0 Å². The molecule has 0 heterocycles. The summed E-state index contributed by atoms with van der Waals surface area (Å²) >= 11 is 0. The van der Waals surface area contributed by atoms with Gasteiger partial charge in [0.05, 0.1) is 0 Å². The van der Waals surface area contributed by atoms with E-state index in [0.29, 0.717) is 5.75 Å². The number of hydrogen-bond acceptors (Lipinski definition) is 1. The molecule has 0 unspecified atom stereocenters. The Hall–Kier alpha value is -1.76. The van der Waals surface area contributed by atoms with Gasteiger partial charge in [0.25, 0.3) is 0 Å². The molecule has 17 heavy (non-hydrogen) atoms. The summed E-state index contributed by atoms with van der Waals surface area (Å²) in [5.74, 6) is 0.393. The van der Waals surface area contributed by atoms with Gasteiger partial charge in [-0.1, -0.05) is 50.2 Å². The Kier molecular flexibility index (Phi) is 3.48. The number of hydrogen-bond donors (Lipinski definition) is 1. The van der Waals surface area contributed by atoms with Gasteiger partial charge in [-0.25, -0.2) is 0 Å². The topological polar surface area (TPSA) is 20.2 Å². The Balaban J connectivity index is 2.35. The van der Waals surface area contributed by atoms with E-state index < -0.39 is 0 Å². The molecule has 0 atom stereocenters. The summed E-state index contributed by atoms with van der Waals surface area (Å²) in [6.07, 6.45) is 1.92. The lowest BCUT2D eigenvalue weighted by Gasteiger charge is -2.06. The van der Waals surface area contributed by atoms with E-state index in [0.717, 1.165) is 29.5 Å². The van der Waals surface area contributed by atoms with Gasteiger partial charge in [-0.3, -0.25) is 0 Å². The fourth-order valence-corrected chi connectivity index (χ4v) is 1.98. The number of aryl methyl sites for hydroxylation is 2. The normalized spacial score (nSPS) is 10.5. The third-order valence-corrected chi connectivity index (χ3v) is 3.16. The Morgan fingerprint density at radius 1 is 0.824 bits per heavy atom. The van der Waals surface area contributed by atoms with Crippen molar-refractivity contribution in [1.82, 2.24) is 0 Å². The van der Waals surface area contributed by atoms with Crippen LogP contribution in [-0.2, 0) is 12.8 Å². The van der Waals surface area contributed by atoms with E-state index in [1.165, 1.54) is 5.56 Å². The van der Waals surface area contributed by atoms with Crippen LogP contribution in [-0.4, -0.2) is 5.11 Å². The zero-order valence-corrected chi connectivity index (χ0v) is 10.4. The zero-order valence-electron chi connectivity index (χ0n) is 10.4. The van der Waals surface area contributed by atoms with Crippen LogP contribution in [0.3, 0.4) is 0 Å². The van der Waals surface area contributed by atoms with E-state index in [1.54, 1.807) is 0 Å². The predicted molar refractivity (Wildman–Crippen MR) is 72.3 cm³/mol. The largest absolute Gasteiger partial charge is 0.508 e. The van der Waals surface area contributed by atoms with Crippen LogP contribution in [0.25, 0.3) is 11.1 Å². The summed E-state index contributed by atoms with van der Waals surface area (Å²) in [6, 6.07) is 14.4. The van der Waals surface area contributed by atoms with Crippen molar-refractivity contribution in [3.05, 3.63) is 53.6 Å². The molecule has 2 aromatic carbocycles. The van der Waals surface area contributed by atoms with E-state index in [2.05, 4.69) is 37.3 Å². The maximum atomic E-state index is 9.85. The highest BCUT2D eigenvalue weighted by Gasteiger charge is 2.02. The van der Waals surface area contributed by atoms with Gasteiger partial charge < -0.3 is 5.11 Å². The van der Waals surface area contributed by atoms with Crippen LogP contribution >= 0.6 is 0 Å². The van der Waals surface area contributed by atoms with E-state index in [4.69, 9.17) is 0 Å². The minimum Gasteiger partial charge on any atom is -0.508 e. The highest BCUT2D eigenvalue weighted by molar-refractivity contribution is 5.66. The monoisotopic (exact) mass is 226 g/mol. The fraction of sp³-hybridized carbons (Fsp3) is 0.250. The van der Waals surface area contributed by atoms with E-state index in [1.807, 2.05) is 19.1 Å². The summed E-state index contributed by atoms with van der Waals surface area (Å²) in [5, 5.41) is 9.85. The van der Waals surface area contributed by atoms with E-state index in [-0.39, 0.29) is 0 Å². The Morgan fingerprint density at radius 3 is 2.00 bits per heavy atom. The van der Waals surface area contributed by atoms with Gasteiger partial charge >= 0.3 is 0 Å². The summed E-state index contributed by atoms with van der Waals surface area (Å²) < 4.78 is 0. The lowest BCUT2D eigenvalue weighted by Crippen LogP contribution is -1.85. The maximum Gasteiger partial charge on any atom is 0.119 e. The number of phenolic OH excluding ortho intramolecular Hbond substituents is 1. The molecule has 0 aliphatic carbocycles. The van der Waals surface area contributed by atoms with Crippen molar-refractivity contribution in [2.75, 3.05) is 0 Å². The summed E-state index contributed by atoms with van der Waals surface area (Å²) in [7, 11) is 0. The molecule has 0 radical (unpaired) electrons. The van der Waals surface area contributed by atoms with Gasteiger partial charge in [0.1, 0.15) is 5.75 Å². The number of aromatic hydroxyl groups is 1. The summed E-state index contributed by atoms with van der Waals surface area (Å²) in [4.78, 5) is 0. The first-order valence-electron chi connectivity index (χ1n) is 6.15. The summed E-state index contributed by atoms with van der Waals surface area (Å²) in [5.41, 5.74) is 4.56. The SMILES string of the molecule is CCc1ccc(-c2ccc(CC)c(O)c2)cc1. The molecule has 88 valence electrons. The standard InChI is InChI=1S/C16H18O/c1-3-12-5-7-14(8-6-12)15-10-9-13(4-2)16(17)11-15/h5-11,17H,3-4H2,1-2H3. The second-order valence-electron chi connectivity index (χ2n) is 4.25. The molecule has 0 saturated carbocycles. The number of benzene rings is 2. The van der Waals surface area contributed by atoms with E-state index >= 15 is 0 Å². The minimum atomic E-state index is 0.393. The average Bonchev–Trinajstić information content (AvgIpc) is 2.39. The van der Waals surface area contributed by atoms with Crippen LogP contribution in [0.1, 0.15) is 25.0 Å². The molecule has 0 saturated heterocycles. The highest BCUT2D eigenvalue weighted by Crippen LogP contribution is 2.27. The van der Waals surface area contributed by atoms with Crippen LogP contribution in [0.15, 0.2) is 42.5 Å². The van der Waals surface area contributed by atoms with E-state index in [9.17, 15) is 5.11 Å². The second-order valence-corrected chi connectivity index (χ2v) is 4.25. The van der Waals surface area contributed by atoms with Crippen molar-refractivity contribution in [2.24, 2.45) is 0 Å². The fourth-order valence-electron chi connectivity index (χ4n) is 1.98. The molecule has 0 aliphatic rings.